The largest absolute Gasteiger partial charge is 0.347 e. The molecule has 29 heavy (non-hydrogen) atoms. The summed E-state index contributed by atoms with van der Waals surface area (Å²) in [5, 5.41) is 22.2. The smallest absolute Gasteiger partial charge is 0.222 e. The van der Waals surface area contributed by atoms with Crippen molar-refractivity contribution in [3.05, 3.63) is 71.2 Å². The molecule has 4 N–H and O–H groups in total. The number of hydrogen-bond donors (Lipinski definition) is 4. The van der Waals surface area contributed by atoms with E-state index in [1.807, 2.05) is 0 Å². The molecule has 4 rings (SSSR count). The van der Waals surface area contributed by atoms with Gasteiger partial charge < -0.3 is 10.3 Å². The number of benzene rings is 1. The fourth-order valence-corrected chi connectivity index (χ4v) is 2.83. The lowest BCUT2D eigenvalue weighted by molar-refractivity contribution is 0.312. The Bertz CT molecular complexity index is 1180. The van der Waals surface area contributed by atoms with E-state index < -0.39 is 5.82 Å². The maximum absolute atomic E-state index is 13.4. The van der Waals surface area contributed by atoms with Crippen LogP contribution in [0.3, 0.4) is 0 Å². The summed E-state index contributed by atoms with van der Waals surface area (Å²) in [5.74, 6) is 0.127. The molecule has 0 fully saturated rings. The first-order chi connectivity index (χ1) is 14.0. The SMILES string of the molecule is N=C(c1ccnc2nc(CNc3ncccn3)[nH]c12)N(O)c1ccc(F)c(Cl)c1. The molecule has 0 spiro atoms. The zero-order valence-electron chi connectivity index (χ0n) is 14.8. The maximum atomic E-state index is 13.4. The highest BCUT2D eigenvalue weighted by Crippen LogP contribution is 2.24. The molecule has 0 atom stereocenters. The molecule has 1 aromatic carbocycles. The molecule has 0 bridgehead atoms. The monoisotopic (exact) mass is 412 g/mol. The number of amidine groups is 1. The number of imidazole rings is 1. The second-order valence-electron chi connectivity index (χ2n) is 5.93. The number of rotatable bonds is 5. The first kappa shape index (κ1) is 18.7. The van der Waals surface area contributed by atoms with E-state index in [1.165, 1.54) is 18.3 Å². The van der Waals surface area contributed by atoms with Crippen LogP contribution in [-0.4, -0.2) is 36.0 Å². The van der Waals surface area contributed by atoms with Crippen LogP contribution >= 0.6 is 11.6 Å². The van der Waals surface area contributed by atoms with Crippen molar-refractivity contribution in [3.63, 3.8) is 0 Å². The lowest BCUT2D eigenvalue weighted by Gasteiger charge is -2.18. The van der Waals surface area contributed by atoms with E-state index in [4.69, 9.17) is 17.0 Å². The predicted octanol–water partition coefficient (Wildman–Crippen LogP) is 3.37. The normalized spacial score (nSPS) is 10.9. The molecule has 0 saturated carbocycles. The molecule has 0 aliphatic carbocycles. The van der Waals surface area contributed by atoms with Crippen LogP contribution in [0.1, 0.15) is 11.4 Å². The van der Waals surface area contributed by atoms with Gasteiger partial charge in [0.15, 0.2) is 11.5 Å². The van der Waals surface area contributed by atoms with Gasteiger partial charge in [0, 0.05) is 24.2 Å². The average Bonchev–Trinajstić information content (AvgIpc) is 3.17. The Morgan fingerprint density at radius 1 is 1.21 bits per heavy atom. The quantitative estimate of drug-likeness (QED) is 0.225. The lowest BCUT2D eigenvalue weighted by Crippen LogP contribution is -2.27. The van der Waals surface area contributed by atoms with E-state index in [2.05, 4.69) is 30.2 Å². The number of pyridine rings is 1. The zero-order valence-corrected chi connectivity index (χ0v) is 15.5. The molecule has 4 aromatic rings. The number of hydrogen-bond acceptors (Lipinski definition) is 7. The van der Waals surface area contributed by atoms with E-state index in [0.29, 0.717) is 40.1 Å². The van der Waals surface area contributed by atoms with Crippen LogP contribution in [-0.2, 0) is 6.54 Å². The van der Waals surface area contributed by atoms with Crippen LogP contribution in [0.5, 0.6) is 0 Å². The number of nitrogens with zero attached hydrogens (tertiary/aromatic N) is 5. The fraction of sp³-hybridized carbons (Fsp3) is 0.0556. The molecule has 0 radical (unpaired) electrons. The van der Waals surface area contributed by atoms with Gasteiger partial charge in [-0.25, -0.2) is 29.4 Å². The van der Waals surface area contributed by atoms with Gasteiger partial charge in [0.25, 0.3) is 0 Å². The summed E-state index contributed by atoms with van der Waals surface area (Å²) in [7, 11) is 0. The van der Waals surface area contributed by atoms with E-state index in [-0.39, 0.29) is 16.5 Å². The molecule has 9 nitrogen and oxygen atoms in total. The van der Waals surface area contributed by atoms with Crippen molar-refractivity contribution in [2.45, 2.75) is 6.54 Å². The molecular weight excluding hydrogens is 399 g/mol. The number of aromatic amines is 1. The molecule has 0 unspecified atom stereocenters. The summed E-state index contributed by atoms with van der Waals surface area (Å²) in [6.45, 7) is 0.309. The number of anilines is 2. The van der Waals surface area contributed by atoms with Gasteiger partial charge in [0.1, 0.15) is 11.6 Å². The van der Waals surface area contributed by atoms with E-state index in [9.17, 15) is 9.60 Å². The zero-order chi connectivity index (χ0) is 20.4. The topological polar surface area (TPSA) is 127 Å². The van der Waals surface area contributed by atoms with Crippen molar-refractivity contribution < 1.29 is 9.60 Å². The van der Waals surface area contributed by atoms with Crippen LogP contribution in [0.4, 0.5) is 16.0 Å². The summed E-state index contributed by atoms with van der Waals surface area (Å²) in [5.41, 5.74) is 1.35. The molecule has 146 valence electrons. The first-order valence-corrected chi connectivity index (χ1v) is 8.78. The second-order valence-corrected chi connectivity index (χ2v) is 6.33. The Balaban J connectivity index is 1.60. The molecular formula is C18H14ClFN8O. The third kappa shape index (κ3) is 3.84. The van der Waals surface area contributed by atoms with Crippen LogP contribution in [0, 0.1) is 11.2 Å². The van der Waals surface area contributed by atoms with Crippen molar-refractivity contribution >= 4 is 40.2 Å². The van der Waals surface area contributed by atoms with Gasteiger partial charge in [0.2, 0.25) is 5.95 Å². The maximum Gasteiger partial charge on any atom is 0.222 e. The van der Waals surface area contributed by atoms with Gasteiger partial charge in [-0.3, -0.25) is 10.6 Å². The number of hydroxylamine groups is 1. The highest BCUT2D eigenvalue weighted by Gasteiger charge is 2.18. The second kappa shape index (κ2) is 7.78. The molecule has 0 aliphatic heterocycles. The summed E-state index contributed by atoms with van der Waals surface area (Å²) in [6.07, 6.45) is 4.72. The van der Waals surface area contributed by atoms with E-state index in [0.717, 1.165) is 6.07 Å². The number of H-pyrrole nitrogens is 1. The summed E-state index contributed by atoms with van der Waals surface area (Å²) >= 11 is 5.77. The average molecular weight is 413 g/mol. The minimum Gasteiger partial charge on any atom is -0.347 e. The summed E-state index contributed by atoms with van der Waals surface area (Å²) in [4.78, 5) is 19.8. The third-order valence-electron chi connectivity index (χ3n) is 4.04. The molecule has 3 heterocycles. The van der Waals surface area contributed by atoms with Gasteiger partial charge >= 0.3 is 0 Å². The van der Waals surface area contributed by atoms with E-state index in [1.54, 1.807) is 24.5 Å². The van der Waals surface area contributed by atoms with Gasteiger partial charge in [-0.2, -0.15) is 0 Å². The number of halogens is 2. The fourth-order valence-electron chi connectivity index (χ4n) is 2.65. The van der Waals surface area contributed by atoms with Gasteiger partial charge in [-0.1, -0.05) is 11.6 Å². The highest BCUT2D eigenvalue weighted by atomic mass is 35.5. The highest BCUT2D eigenvalue weighted by molar-refractivity contribution is 6.31. The van der Waals surface area contributed by atoms with E-state index >= 15 is 0 Å². The Kier molecular flexibility index (Phi) is 5.02. The van der Waals surface area contributed by atoms with Crippen LogP contribution in [0.15, 0.2) is 48.9 Å². The van der Waals surface area contributed by atoms with Crippen molar-refractivity contribution in [1.29, 1.82) is 5.41 Å². The third-order valence-corrected chi connectivity index (χ3v) is 4.33. The van der Waals surface area contributed by atoms with Crippen LogP contribution in [0.25, 0.3) is 11.2 Å². The molecule has 11 heteroatoms. The minimum absolute atomic E-state index is 0.147. The first-order valence-electron chi connectivity index (χ1n) is 8.40. The Hall–Kier alpha value is -3.63. The van der Waals surface area contributed by atoms with Gasteiger partial charge in [-0.15, -0.1) is 0 Å². The molecule has 0 amide bonds. The van der Waals surface area contributed by atoms with Crippen molar-refractivity contribution in [2.24, 2.45) is 0 Å². The molecule has 0 saturated heterocycles. The van der Waals surface area contributed by atoms with Crippen molar-refractivity contribution in [1.82, 2.24) is 24.9 Å². The van der Waals surface area contributed by atoms with Crippen molar-refractivity contribution in [2.75, 3.05) is 10.4 Å². The van der Waals surface area contributed by atoms with Crippen LogP contribution in [0.2, 0.25) is 5.02 Å². The molecule has 3 aromatic heterocycles. The summed E-state index contributed by atoms with van der Waals surface area (Å²) < 4.78 is 13.4. The number of fused-ring (bicyclic) bond motifs is 1. The Labute approximate surface area is 168 Å². The Morgan fingerprint density at radius 3 is 2.76 bits per heavy atom. The Morgan fingerprint density at radius 2 is 2.00 bits per heavy atom. The standard InChI is InChI=1S/C18H14ClFN8O/c19-12-8-10(2-3-13(12)20)28(29)16(21)11-4-7-22-17-15(11)26-14(27-17)9-25-18-23-5-1-6-24-18/h1-8,21,29H,9H2,(H,22,26,27)(H,23,24,25). The van der Waals surface area contributed by atoms with Gasteiger partial charge in [0.05, 0.1) is 22.8 Å². The predicted molar refractivity (Wildman–Crippen MR) is 106 cm³/mol. The summed E-state index contributed by atoms with van der Waals surface area (Å²) in [6, 6.07) is 6.93. The van der Waals surface area contributed by atoms with Crippen molar-refractivity contribution in [3.8, 4) is 0 Å². The van der Waals surface area contributed by atoms with Crippen LogP contribution < -0.4 is 10.4 Å². The number of nitrogens with one attached hydrogen (secondary N) is 3. The number of aromatic nitrogens is 5. The minimum atomic E-state index is -0.616. The lowest BCUT2D eigenvalue weighted by atomic mass is 10.2. The molecule has 0 aliphatic rings. The van der Waals surface area contributed by atoms with Gasteiger partial charge in [-0.05, 0) is 30.3 Å².